The van der Waals surface area contributed by atoms with Gasteiger partial charge in [-0.2, -0.15) is 0 Å². The Kier molecular flexibility index (Phi) is 80.7. The normalized spacial score (nSPS) is 11.8. The standard InChI is InChI=1S/C84H148O33/c1-76(2)82(85)8-7-17-87-18-19-88-20-21-89-22-23-90-24-25-91-26-27-92-28-29-93-30-31-94-34-37-97-40-43-100-46-49-103-52-55-106-58-61-109-64-67-112-70-73-115-80-13-9-78(10-14-80)84(5,6)79-11-15-81(16-12-79)116-74-71-113-68-65-110-62-59-107-56-53-104-50-47-101-44-41-98-38-35-95-32-33-96-36-39-99-42-45-102-48-51-105-54-57-108-60-63-111-66-69-114-72-75-117-83(86)77(3)4/h9-16,77H,1,7-8,17-75H2,2-6H3. The maximum Gasteiger partial charge on any atom is 0.308 e. The van der Waals surface area contributed by atoms with Crippen LogP contribution >= 0.6 is 0 Å². The average molecular weight is 1690 g/mol. The lowest BCUT2D eigenvalue weighted by Crippen LogP contribution is -2.19. The van der Waals surface area contributed by atoms with Gasteiger partial charge in [0.2, 0.25) is 0 Å². The minimum atomic E-state index is -0.235. The second-order valence-electron chi connectivity index (χ2n) is 26.1. The van der Waals surface area contributed by atoms with Crippen LogP contribution in [0.4, 0.5) is 0 Å². The number of Topliss-reactive ketones (excluding diaryl/α,β-unsaturated/α-hetero) is 1. The lowest BCUT2D eigenvalue weighted by Gasteiger charge is -2.26. The van der Waals surface area contributed by atoms with Crippen molar-refractivity contribution in [2.45, 2.75) is 52.9 Å². The second kappa shape index (κ2) is 86.7. The molecule has 0 fully saturated rings. The van der Waals surface area contributed by atoms with E-state index in [4.69, 9.17) is 147 Å². The van der Waals surface area contributed by atoms with E-state index in [-0.39, 0.29) is 29.7 Å². The zero-order valence-corrected chi connectivity index (χ0v) is 71.5. The van der Waals surface area contributed by atoms with Crippen LogP contribution in [0.25, 0.3) is 0 Å². The molecule has 682 valence electrons. The molecule has 0 aliphatic heterocycles. The van der Waals surface area contributed by atoms with Crippen LogP contribution in [0.1, 0.15) is 58.6 Å². The molecule has 0 amide bonds. The first kappa shape index (κ1) is 109. The molecule has 2 rings (SSSR count). The van der Waals surface area contributed by atoms with E-state index in [9.17, 15) is 9.59 Å². The summed E-state index contributed by atoms with van der Waals surface area (Å²) in [5, 5.41) is 0. The van der Waals surface area contributed by atoms with E-state index >= 15 is 0 Å². The van der Waals surface area contributed by atoms with Crippen LogP contribution in [0.5, 0.6) is 11.5 Å². The van der Waals surface area contributed by atoms with E-state index in [0.717, 1.165) is 11.5 Å². The zero-order chi connectivity index (χ0) is 83.8. The third-order valence-electron chi connectivity index (χ3n) is 15.9. The summed E-state index contributed by atoms with van der Waals surface area (Å²) in [5.74, 6) is 1.28. The fraction of sp³-hybridized carbons (Fsp3) is 0.810. The van der Waals surface area contributed by atoms with Crippen molar-refractivity contribution in [3.8, 4) is 11.5 Å². The predicted molar refractivity (Wildman–Crippen MR) is 434 cm³/mol. The molecule has 33 heteroatoms. The molecule has 33 nitrogen and oxygen atoms in total. The third-order valence-corrected chi connectivity index (χ3v) is 15.9. The monoisotopic (exact) mass is 1680 g/mol. The molecule has 0 bridgehead atoms. The highest BCUT2D eigenvalue weighted by molar-refractivity contribution is 5.94. The van der Waals surface area contributed by atoms with Crippen LogP contribution in [0.2, 0.25) is 0 Å². The zero-order valence-electron chi connectivity index (χ0n) is 71.5. The van der Waals surface area contributed by atoms with Crippen LogP contribution in [-0.4, -0.2) is 402 Å². The van der Waals surface area contributed by atoms with Gasteiger partial charge >= 0.3 is 5.97 Å². The molecule has 0 aliphatic rings. The van der Waals surface area contributed by atoms with E-state index in [1.54, 1.807) is 20.8 Å². The summed E-state index contributed by atoms with van der Waals surface area (Å²) in [6.45, 7) is 40.9. The number of allylic oxidation sites excluding steroid dienone is 1. The molecule has 0 atom stereocenters. The Morgan fingerprint density at radius 3 is 0.564 bits per heavy atom. The van der Waals surface area contributed by atoms with Gasteiger partial charge < -0.3 is 147 Å². The molecular weight excluding hydrogens is 1540 g/mol. The Hall–Kier alpha value is -4.20. The van der Waals surface area contributed by atoms with Gasteiger partial charge in [0.05, 0.1) is 369 Å². The maximum atomic E-state index is 11.5. The molecule has 0 unspecified atom stereocenters. The van der Waals surface area contributed by atoms with Crippen molar-refractivity contribution in [2.75, 3.05) is 390 Å². The van der Waals surface area contributed by atoms with E-state index < -0.39 is 0 Å². The molecular formula is C84H148O33. The second-order valence-corrected chi connectivity index (χ2v) is 26.1. The number of carbonyl (C=O) groups excluding carboxylic acids is 2. The molecule has 0 spiro atoms. The van der Waals surface area contributed by atoms with E-state index in [2.05, 4.69) is 44.7 Å². The van der Waals surface area contributed by atoms with Crippen LogP contribution in [0, 0.1) is 5.92 Å². The minimum Gasteiger partial charge on any atom is -0.491 e. The van der Waals surface area contributed by atoms with Gasteiger partial charge in [0.25, 0.3) is 0 Å². The van der Waals surface area contributed by atoms with Crippen molar-refractivity contribution >= 4 is 11.8 Å². The van der Waals surface area contributed by atoms with E-state index in [0.29, 0.717) is 402 Å². The molecule has 2 aromatic carbocycles. The summed E-state index contributed by atoms with van der Waals surface area (Å²) in [4.78, 5) is 22.8. The van der Waals surface area contributed by atoms with E-state index in [1.807, 2.05) is 24.3 Å². The van der Waals surface area contributed by atoms with Crippen molar-refractivity contribution in [1.29, 1.82) is 0 Å². The number of hydrogen-bond acceptors (Lipinski definition) is 33. The first-order chi connectivity index (χ1) is 57.6. The SMILES string of the molecule is C=C(C)C(=O)CCCOCCOCCOCCOCCOCCOCCOCCOCCOCCOCCOCCOCCOCCOCCOc1ccc(C(C)(C)c2ccc(OCCOCCOCCOCCOCCOCCOCCOCCOCCOCCOCCOCCOCCOCCOCCOC(=O)C(C)C)cc2)cc1. The first-order valence-electron chi connectivity index (χ1n) is 41.6. The lowest BCUT2D eigenvalue weighted by molar-refractivity contribution is -0.149. The Morgan fingerprint density at radius 1 is 0.248 bits per heavy atom. The molecule has 117 heavy (non-hydrogen) atoms. The fourth-order valence-corrected chi connectivity index (χ4v) is 9.38. The van der Waals surface area contributed by atoms with Gasteiger partial charge in [0.1, 0.15) is 31.3 Å². The van der Waals surface area contributed by atoms with E-state index in [1.165, 1.54) is 11.1 Å². The molecule has 0 saturated heterocycles. The van der Waals surface area contributed by atoms with Gasteiger partial charge in [-0.05, 0) is 54.3 Å². The summed E-state index contributed by atoms with van der Waals surface area (Å²) in [5.41, 5.74) is 2.68. The predicted octanol–water partition coefficient (Wildman–Crippen LogP) is 6.36. The number of esters is 1. The number of rotatable bonds is 97. The molecule has 2 aromatic rings. The molecule has 0 radical (unpaired) electrons. The Bertz CT molecular complexity index is 2350. The van der Waals surface area contributed by atoms with Gasteiger partial charge in [0, 0.05) is 18.4 Å². The summed E-state index contributed by atoms with van der Waals surface area (Å²) >= 11 is 0. The topological polar surface area (TPSA) is 320 Å². The van der Waals surface area contributed by atoms with Gasteiger partial charge in [-0.25, -0.2) is 0 Å². The summed E-state index contributed by atoms with van der Waals surface area (Å²) in [7, 11) is 0. The number of benzene rings is 2. The highest BCUT2D eigenvalue weighted by atomic mass is 16.6. The van der Waals surface area contributed by atoms with Crippen LogP contribution in [0.3, 0.4) is 0 Å². The van der Waals surface area contributed by atoms with Crippen molar-refractivity contribution in [3.63, 3.8) is 0 Å². The van der Waals surface area contributed by atoms with Crippen LogP contribution in [-0.2, 0) is 152 Å². The molecule has 0 saturated carbocycles. The van der Waals surface area contributed by atoms with Crippen molar-refractivity contribution in [1.82, 2.24) is 0 Å². The smallest absolute Gasteiger partial charge is 0.308 e. The quantitative estimate of drug-likeness (QED) is 0.0395. The third kappa shape index (κ3) is 75.3. The minimum absolute atomic E-state index is 0.0792. The molecule has 0 heterocycles. The van der Waals surface area contributed by atoms with Gasteiger partial charge in [-0.1, -0.05) is 58.5 Å². The number of ether oxygens (including phenoxy) is 31. The lowest BCUT2D eigenvalue weighted by atomic mass is 9.78. The number of hydrogen-bond donors (Lipinski definition) is 0. The molecule has 0 N–H and O–H groups in total. The Balaban J connectivity index is 1.21. The first-order valence-corrected chi connectivity index (χ1v) is 41.6. The summed E-state index contributed by atoms with van der Waals surface area (Å²) < 4.78 is 172. The van der Waals surface area contributed by atoms with Crippen molar-refractivity contribution in [3.05, 3.63) is 71.8 Å². The fourth-order valence-electron chi connectivity index (χ4n) is 9.38. The molecule has 0 aliphatic carbocycles. The Morgan fingerprint density at radius 2 is 0.402 bits per heavy atom. The maximum absolute atomic E-state index is 11.5. The number of ketones is 1. The highest BCUT2D eigenvalue weighted by Crippen LogP contribution is 2.33. The summed E-state index contributed by atoms with van der Waals surface area (Å²) in [6, 6.07) is 16.4. The van der Waals surface area contributed by atoms with Gasteiger partial charge in [-0.3, -0.25) is 9.59 Å². The van der Waals surface area contributed by atoms with Gasteiger partial charge in [-0.15, -0.1) is 0 Å². The molecule has 0 aromatic heterocycles. The average Bonchev–Trinajstić information content (AvgIpc) is 0.804. The largest absolute Gasteiger partial charge is 0.491 e. The van der Waals surface area contributed by atoms with Crippen LogP contribution in [0.15, 0.2) is 60.7 Å². The summed E-state index contributed by atoms with van der Waals surface area (Å²) in [6.07, 6.45) is 1.15. The van der Waals surface area contributed by atoms with Crippen molar-refractivity contribution in [2.24, 2.45) is 5.92 Å². The van der Waals surface area contributed by atoms with Crippen LogP contribution < -0.4 is 9.47 Å². The Labute approximate surface area is 697 Å². The van der Waals surface area contributed by atoms with Gasteiger partial charge in [0.15, 0.2) is 5.78 Å². The number of carbonyl (C=O) groups is 2. The van der Waals surface area contributed by atoms with Crippen molar-refractivity contribution < 1.29 is 156 Å². The highest BCUT2D eigenvalue weighted by Gasteiger charge is 2.23.